The number of rotatable bonds is 8. The van der Waals surface area contributed by atoms with Gasteiger partial charge in [0.1, 0.15) is 23.0 Å². The standard InChI is InChI=1S/C11H14O4.C10H12O4/c1-13-9-4-8(6-11(12)15-3)5-10(7-9)14-2;1-13-8-3-7(5-10(11)12)4-9(6-8)14-2/h4-5,7H,6H2,1-3H3;3-4,6H,5H2,1-2H3,(H,11,12). The quantitative estimate of drug-likeness (QED) is 0.668. The molecule has 2 aromatic rings. The fourth-order valence-corrected chi connectivity index (χ4v) is 2.35. The molecule has 8 heteroatoms. The van der Waals surface area contributed by atoms with Crippen molar-refractivity contribution in [2.75, 3.05) is 35.5 Å². The molecule has 0 fully saturated rings. The molecule has 0 radical (unpaired) electrons. The number of methoxy groups -OCH3 is 5. The van der Waals surface area contributed by atoms with Crippen molar-refractivity contribution < 1.29 is 38.4 Å². The van der Waals surface area contributed by atoms with Crippen LogP contribution in [0.2, 0.25) is 0 Å². The summed E-state index contributed by atoms with van der Waals surface area (Å²) in [6, 6.07) is 10.4. The Morgan fingerprint density at radius 2 is 1.00 bits per heavy atom. The second-order valence-corrected chi connectivity index (χ2v) is 5.77. The molecule has 0 aliphatic heterocycles. The SMILES string of the molecule is COC(=O)Cc1cc(OC)cc(OC)c1.COc1cc(CC(=O)O)cc(OC)c1. The third kappa shape index (κ3) is 8.42. The molecule has 0 aromatic heterocycles. The first-order valence-corrected chi connectivity index (χ1v) is 8.57. The summed E-state index contributed by atoms with van der Waals surface area (Å²) < 4.78 is 24.8. The number of carbonyl (C=O) groups is 2. The Labute approximate surface area is 169 Å². The monoisotopic (exact) mass is 406 g/mol. The van der Waals surface area contributed by atoms with E-state index in [-0.39, 0.29) is 18.8 Å². The van der Waals surface area contributed by atoms with Gasteiger partial charge in [0.15, 0.2) is 0 Å². The summed E-state index contributed by atoms with van der Waals surface area (Å²) in [5.74, 6) is 1.35. The maximum atomic E-state index is 11.1. The lowest BCUT2D eigenvalue weighted by atomic mass is 10.1. The van der Waals surface area contributed by atoms with Crippen molar-refractivity contribution in [2.45, 2.75) is 12.8 Å². The van der Waals surface area contributed by atoms with Crippen molar-refractivity contribution in [2.24, 2.45) is 0 Å². The molecule has 0 spiro atoms. The van der Waals surface area contributed by atoms with E-state index in [2.05, 4.69) is 4.74 Å². The van der Waals surface area contributed by atoms with E-state index in [1.165, 1.54) is 21.3 Å². The van der Waals surface area contributed by atoms with E-state index in [4.69, 9.17) is 24.1 Å². The highest BCUT2D eigenvalue weighted by molar-refractivity contribution is 5.72. The maximum absolute atomic E-state index is 11.1. The molecule has 0 unspecified atom stereocenters. The Morgan fingerprint density at radius 1 is 0.655 bits per heavy atom. The fourth-order valence-electron chi connectivity index (χ4n) is 2.35. The minimum Gasteiger partial charge on any atom is -0.497 e. The first kappa shape index (κ1) is 23.6. The van der Waals surface area contributed by atoms with Gasteiger partial charge < -0.3 is 28.8 Å². The van der Waals surface area contributed by atoms with Gasteiger partial charge in [0.25, 0.3) is 0 Å². The lowest BCUT2D eigenvalue weighted by Crippen LogP contribution is -2.04. The number of benzene rings is 2. The van der Waals surface area contributed by atoms with Crippen molar-refractivity contribution in [3.63, 3.8) is 0 Å². The maximum Gasteiger partial charge on any atom is 0.309 e. The third-order valence-electron chi connectivity index (χ3n) is 3.75. The van der Waals surface area contributed by atoms with Crippen molar-refractivity contribution in [1.82, 2.24) is 0 Å². The van der Waals surface area contributed by atoms with Crippen LogP contribution in [0.25, 0.3) is 0 Å². The third-order valence-corrected chi connectivity index (χ3v) is 3.75. The molecule has 1 N–H and O–H groups in total. The zero-order valence-electron chi connectivity index (χ0n) is 17.2. The number of aliphatic carboxylic acids is 1. The number of carbonyl (C=O) groups excluding carboxylic acids is 1. The Kier molecular flexibility index (Phi) is 9.87. The second-order valence-electron chi connectivity index (χ2n) is 5.77. The van der Waals surface area contributed by atoms with Gasteiger partial charge in [0, 0.05) is 12.1 Å². The Bertz CT molecular complexity index is 772. The van der Waals surface area contributed by atoms with Gasteiger partial charge in [-0.05, 0) is 35.4 Å². The van der Waals surface area contributed by atoms with Crippen LogP contribution in [0.3, 0.4) is 0 Å². The number of hydrogen-bond donors (Lipinski definition) is 1. The fraction of sp³-hybridized carbons (Fsp3) is 0.333. The summed E-state index contributed by atoms with van der Waals surface area (Å²) in [4.78, 5) is 21.6. The van der Waals surface area contributed by atoms with Crippen LogP contribution in [0.4, 0.5) is 0 Å². The van der Waals surface area contributed by atoms with Crippen LogP contribution < -0.4 is 18.9 Å². The van der Waals surface area contributed by atoms with Crippen LogP contribution in [0.15, 0.2) is 36.4 Å². The van der Waals surface area contributed by atoms with Gasteiger partial charge in [0.2, 0.25) is 0 Å². The first-order chi connectivity index (χ1) is 13.8. The molecule has 158 valence electrons. The molecule has 0 aliphatic carbocycles. The van der Waals surface area contributed by atoms with E-state index in [9.17, 15) is 9.59 Å². The Hall–Kier alpha value is -3.42. The topological polar surface area (TPSA) is 101 Å². The summed E-state index contributed by atoms with van der Waals surface area (Å²) in [5.41, 5.74) is 1.46. The van der Waals surface area contributed by atoms with E-state index in [0.29, 0.717) is 28.6 Å². The van der Waals surface area contributed by atoms with E-state index in [1.807, 2.05) is 0 Å². The lowest BCUT2D eigenvalue weighted by molar-refractivity contribution is -0.140. The number of hydrogen-bond acceptors (Lipinski definition) is 7. The van der Waals surface area contributed by atoms with Crippen LogP contribution in [-0.4, -0.2) is 52.6 Å². The number of esters is 1. The van der Waals surface area contributed by atoms with Crippen LogP contribution in [-0.2, 0) is 27.2 Å². The summed E-state index contributed by atoms with van der Waals surface area (Å²) in [6.07, 6.45) is 0.178. The molecule has 0 heterocycles. The van der Waals surface area contributed by atoms with Gasteiger partial charge in [-0.1, -0.05) is 0 Å². The zero-order valence-corrected chi connectivity index (χ0v) is 17.2. The molecule has 0 atom stereocenters. The van der Waals surface area contributed by atoms with Crippen molar-refractivity contribution in [1.29, 1.82) is 0 Å². The van der Waals surface area contributed by atoms with Crippen molar-refractivity contribution in [3.8, 4) is 23.0 Å². The molecular formula is C21H26O8. The van der Waals surface area contributed by atoms with Crippen LogP contribution in [0.5, 0.6) is 23.0 Å². The van der Waals surface area contributed by atoms with E-state index in [1.54, 1.807) is 50.6 Å². The number of ether oxygens (including phenoxy) is 5. The first-order valence-electron chi connectivity index (χ1n) is 8.57. The van der Waals surface area contributed by atoms with E-state index in [0.717, 1.165) is 5.56 Å². The lowest BCUT2D eigenvalue weighted by Gasteiger charge is -2.07. The highest BCUT2D eigenvalue weighted by atomic mass is 16.5. The largest absolute Gasteiger partial charge is 0.497 e. The van der Waals surface area contributed by atoms with Crippen molar-refractivity contribution in [3.05, 3.63) is 47.5 Å². The highest BCUT2D eigenvalue weighted by Gasteiger charge is 2.07. The predicted molar refractivity (Wildman–Crippen MR) is 106 cm³/mol. The average Bonchev–Trinajstić information content (AvgIpc) is 2.72. The van der Waals surface area contributed by atoms with Gasteiger partial charge in [-0.15, -0.1) is 0 Å². The average molecular weight is 406 g/mol. The minimum atomic E-state index is -0.875. The van der Waals surface area contributed by atoms with E-state index >= 15 is 0 Å². The van der Waals surface area contributed by atoms with Crippen molar-refractivity contribution >= 4 is 11.9 Å². The Balaban J connectivity index is 0.000000291. The Morgan fingerprint density at radius 3 is 1.28 bits per heavy atom. The van der Waals surface area contributed by atoms with Crippen LogP contribution >= 0.6 is 0 Å². The molecule has 0 saturated heterocycles. The summed E-state index contributed by atoms with van der Waals surface area (Å²) in [5, 5.41) is 8.61. The van der Waals surface area contributed by atoms with Crippen LogP contribution in [0.1, 0.15) is 11.1 Å². The molecule has 0 amide bonds. The molecule has 29 heavy (non-hydrogen) atoms. The molecule has 0 saturated carbocycles. The van der Waals surface area contributed by atoms with Gasteiger partial charge in [-0.25, -0.2) is 0 Å². The predicted octanol–water partition coefficient (Wildman–Crippen LogP) is 2.75. The van der Waals surface area contributed by atoms with E-state index < -0.39 is 5.97 Å². The summed E-state index contributed by atoms with van der Waals surface area (Å²) >= 11 is 0. The summed E-state index contributed by atoms with van der Waals surface area (Å²) in [6.45, 7) is 0. The van der Waals surface area contributed by atoms with Gasteiger partial charge in [-0.3, -0.25) is 9.59 Å². The second kappa shape index (κ2) is 12.1. The number of carboxylic acids is 1. The molecule has 2 rings (SSSR count). The number of carboxylic acid groups (broad SMARTS) is 1. The van der Waals surface area contributed by atoms with Gasteiger partial charge in [-0.2, -0.15) is 0 Å². The smallest absolute Gasteiger partial charge is 0.309 e. The highest BCUT2D eigenvalue weighted by Crippen LogP contribution is 2.23. The molecule has 0 bridgehead atoms. The van der Waals surface area contributed by atoms with Gasteiger partial charge in [0.05, 0.1) is 48.4 Å². The van der Waals surface area contributed by atoms with Crippen LogP contribution in [0, 0.1) is 0 Å². The molecular weight excluding hydrogens is 380 g/mol. The minimum absolute atomic E-state index is 0.0342. The molecule has 2 aromatic carbocycles. The molecule has 0 aliphatic rings. The zero-order chi connectivity index (χ0) is 21.8. The summed E-state index contributed by atoms with van der Waals surface area (Å²) in [7, 11) is 7.55. The molecule has 8 nitrogen and oxygen atoms in total. The van der Waals surface area contributed by atoms with Gasteiger partial charge >= 0.3 is 11.9 Å². The normalized spacial score (nSPS) is 9.55.